The minimum absolute atomic E-state index is 0.00545. The van der Waals surface area contributed by atoms with Crippen molar-refractivity contribution in [3.8, 4) is 5.75 Å². The van der Waals surface area contributed by atoms with Crippen LogP contribution < -0.4 is 72.0 Å². The van der Waals surface area contributed by atoms with Crippen LogP contribution in [0.25, 0.3) is 0 Å². The maximum Gasteiger partial charge on any atom is 0.328 e. The zero-order valence-electron chi connectivity index (χ0n) is 70.7. The lowest BCUT2D eigenvalue weighted by Gasteiger charge is -2.21. The number of aliphatic hydroxyl groups excluding tert-OH is 13. The number of carboxylic acid groups (broad SMARTS) is 1. The number of carbonyl (C=O) groups is 1. The molecule has 41 N–H and O–H groups in total. The molecule has 0 saturated heterocycles. The molecule has 124 heavy (non-hydrogen) atoms. The summed E-state index contributed by atoms with van der Waals surface area (Å²) in [7, 11) is 0. The van der Waals surface area contributed by atoms with Gasteiger partial charge in [0.15, 0.2) is 47.7 Å². The minimum atomic E-state index is -1.59. The van der Waals surface area contributed by atoms with E-state index in [-0.39, 0.29) is 152 Å². The zero-order valence-corrected chi connectivity index (χ0v) is 70.7. The van der Waals surface area contributed by atoms with Gasteiger partial charge >= 0.3 is 5.97 Å². The van der Waals surface area contributed by atoms with E-state index in [0.717, 1.165) is 0 Å². The number of benzene rings is 2. The third-order valence-corrected chi connectivity index (χ3v) is 17.7. The number of nitrogens with one attached hydrogen (secondary N) is 12. The van der Waals surface area contributed by atoms with Gasteiger partial charge in [0, 0.05) is 52.1 Å². The first-order chi connectivity index (χ1) is 58.5. The lowest BCUT2D eigenvalue weighted by atomic mass is 10.0. The number of aliphatic hydroxyl groups is 13. The summed E-state index contributed by atoms with van der Waals surface area (Å²) >= 11 is 0. The molecule has 2 aromatic carbocycles. The lowest BCUT2D eigenvalue weighted by molar-refractivity contribution is -0.138. The van der Waals surface area contributed by atoms with Crippen LogP contribution in [0.4, 0.5) is 0 Å². The Hall–Kier alpha value is -13.6. The summed E-state index contributed by atoms with van der Waals surface area (Å²) < 4.78 is 0. The third kappa shape index (κ3) is 45.7. The molecular formula is C76H130N32O16. The largest absolute Gasteiger partial charge is 0.508 e. The van der Waals surface area contributed by atoms with Crippen LogP contribution in [-0.4, -0.2) is 320 Å². The van der Waals surface area contributed by atoms with Crippen molar-refractivity contribution in [1.82, 2.24) is 31.9 Å². The Bertz CT molecular complexity index is 4130. The molecule has 0 aliphatic heterocycles. The van der Waals surface area contributed by atoms with Crippen molar-refractivity contribution in [1.29, 1.82) is 32.5 Å². The number of aromatic hydroxyl groups is 1. The van der Waals surface area contributed by atoms with Crippen LogP contribution in [-0.2, 0) is 17.6 Å². The number of nitrogens with two attached hydrogens (primary N) is 7. The topological polar surface area (TPSA) is 879 Å². The van der Waals surface area contributed by atoms with Gasteiger partial charge in [-0.25, -0.2) is 69.7 Å². The van der Waals surface area contributed by atoms with E-state index in [0.29, 0.717) is 24.1 Å². The summed E-state index contributed by atoms with van der Waals surface area (Å²) in [5.74, 6) is -15.0. The van der Waals surface area contributed by atoms with E-state index in [2.05, 4.69) is 96.8 Å². The molecule has 11 atom stereocenters. The summed E-state index contributed by atoms with van der Waals surface area (Å²) in [5.41, 5.74) is 39.9. The number of phenols is 1. The SMILES string of the molecule is CC(C)CC(N=C(O)C(CCCNC(=N)N)N=C(O)CN=C(O)CN=C(O)C(N)CCCNC(=N)N)C(O)=NC(Cc1ccc(O)cc1)C(O)=NC(CCCNC(=N)N)C(O)=NC(CCCNC(=N)N)C(O)=NC(CCCNC(=N)N)C(O)=NC(Cc1ccccc1)C(O)=NC(C(O)=NC(C(O)=NCC(O)=NC(CCCNC(=N)N)C(=O)O)C(C)C)C(C)C. The molecule has 0 spiro atoms. The van der Waals surface area contributed by atoms with Crippen molar-refractivity contribution in [3.05, 3.63) is 65.7 Å². The molecule has 48 nitrogen and oxygen atoms in total. The summed E-state index contributed by atoms with van der Waals surface area (Å²) in [6, 6.07) is -1.51. The number of hydrogen-bond donors (Lipinski definition) is 34. The average molecular weight is 1750 g/mol. The van der Waals surface area contributed by atoms with E-state index < -0.39 is 198 Å². The summed E-state index contributed by atoms with van der Waals surface area (Å²) in [6.45, 7) is 8.68. The van der Waals surface area contributed by atoms with Crippen LogP contribution >= 0.6 is 0 Å². The van der Waals surface area contributed by atoms with Crippen molar-refractivity contribution in [2.75, 3.05) is 58.9 Å². The number of phenolic OH excluding ortho intramolecular Hbond substituents is 1. The Balaban J connectivity index is 3.06. The molecule has 2 rings (SSSR count). The van der Waals surface area contributed by atoms with Crippen molar-refractivity contribution in [2.45, 2.75) is 204 Å². The van der Waals surface area contributed by atoms with Crippen LogP contribution in [0.15, 0.2) is 119 Å². The molecule has 0 amide bonds. The Morgan fingerprint density at radius 1 is 0.331 bits per heavy atom. The van der Waals surface area contributed by atoms with E-state index in [9.17, 15) is 81.4 Å². The second-order valence-corrected chi connectivity index (χ2v) is 29.6. The highest BCUT2D eigenvalue weighted by Crippen LogP contribution is 2.22. The molecule has 48 heteroatoms. The van der Waals surface area contributed by atoms with Crippen LogP contribution in [0.1, 0.15) is 136 Å². The molecule has 0 radical (unpaired) electrons. The fourth-order valence-electron chi connectivity index (χ4n) is 11.4. The normalized spacial score (nSPS) is 16.3. The van der Waals surface area contributed by atoms with Gasteiger partial charge < -0.3 is 149 Å². The van der Waals surface area contributed by atoms with Gasteiger partial charge in [0.05, 0.1) is 6.04 Å². The van der Waals surface area contributed by atoms with E-state index >= 15 is 0 Å². The number of aliphatic imine (C=N–C) groups is 13. The van der Waals surface area contributed by atoms with Gasteiger partial charge in [-0.2, -0.15) is 0 Å². The number of guanidine groups is 6. The quantitative estimate of drug-likeness (QED) is 0.0257. The van der Waals surface area contributed by atoms with E-state index in [1.54, 1.807) is 71.9 Å². The molecule has 0 heterocycles. The molecule has 0 aliphatic carbocycles. The zero-order chi connectivity index (χ0) is 93.1. The predicted molar refractivity (Wildman–Crippen MR) is 485 cm³/mol. The van der Waals surface area contributed by atoms with Crippen LogP contribution in [0.2, 0.25) is 0 Å². The highest BCUT2D eigenvalue weighted by molar-refractivity contribution is 5.95. The van der Waals surface area contributed by atoms with Gasteiger partial charge in [0.25, 0.3) is 0 Å². The first-order valence-electron chi connectivity index (χ1n) is 40.1. The number of carboxylic acids is 1. The van der Waals surface area contributed by atoms with Crippen molar-refractivity contribution >= 4 is 118 Å². The van der Waals surface area contributed by atoms with Gasteiger partial charge in [-0.15, -0.1) is 0 Å². The Morgan fingerprint density at radius 3 is 1.00 bits per heavy atom. The third-order valence-electron chi connectivity index (χ3n) is 17.7. The lowest BCUT2D eigenvalue weighted by Crippen LogP contribution is -2.35. The van der Waals surface area contributed by atoms with Gasteiger partial charge in [0.2, 0.25) is 70.8 Å². The smallest absolute Gasteiger partial charge is 0.328 e. The highest BCUT2D eigenvalue weighted by Gasteiger charge is 2.32. The molecule has 0 bridgehead atoms. The van der Waals surface area contributed by atoms with Crippen molar-refractivity contribution in [2.24, 2.45) is 123 Å². The Morgan fingerprint density at radius 2 is 0.621 bits per heavy atom. The van der Waals surface area contributed by atoms with Crippen molar-refractivity contribution in [3.63, 3.8) is 0 Å². The maximum atomic E-state index is 12.4. The second-order valence-electron chi connectivity index (χ2n) is 29.6. The number of nitrogens with zero attached hydrogens (tertiary/aromatic N) is 13. The number of aliphatic carboxylic acids is 1. The predicted octanol–water partition coefficient (Wildman–Crippen LogP) is 2.65. The fourth-order valence-corrected chi connectivity index (χ4v) is 11.4. The number of rotatable bonds is 59. The molecule has 2 aromatic rings. The highest BCUT2D eigenvalue weighted by atomic mass is 16.4. The van der Waals surface area contributed by atoms with Gasteiger partial charge in [-0.05, 0) is 124 Å². The minimum Gasteiger partial charge on any atom is -0.508 e. The monoisotopic (exact) mass is 1750 g/mol. The van der Waals surface area contributed by atoms with Gasteiger partial charge in [-0.1, -0.05) is 84.0 Å². The molecule has 0 aromatic heterocycles. The Kier molecular flexibility index (Phi) is 49.5. The molecule has 690 valence electrons. The van der Waals surface area contributed by atoms with Crippen LogP contribution in [0.3, 0.4) is 0 Å². The molecular weight excluding hydrogens is 1620 g/mol. The first-order valence-corrected chi connectivity index (χ1v) is 40.1. The molecule has 0 fully saturated rings. The standard InChI is InChI=1S/C76H130N32O16/c1-40(2)34-52(104-61(114)47(19-11-29-91-72(80)81)99-56(111)38-96-55(110)37-97-60(113)46(77)18-10-28-90-71(78)79)65(118)106-53(36-44-24-26-45(109)27-25-44)66(119)103-49(21-13-31-93-74(84)85)63(116)101-48(20-12-30-92-73(82)83)62(115)102-50(22-14-32-94-75(86)87)64(117)105-54(35-43-16-8-7-9-17-43)67(120)107-59(42(5)6)69(122)108-58(41(3)4)68(121)98-39-57(112)100-51(70(123)124)23-15-33-95-76(88)89/h7-9,16-17,24-27,40-42,46-54,58-59,109H,10-15,18-23,28-39,77H2,1-6H3,(H,96,110)(H,97,113)(H,98,121)(H,99,111)(H,100,112)(H,101,116)(H,102,115)(H,103,119)(H,104,114)(H,105,117)(H,106,118)(H,107,120)(H,108,122)(H,123,124)(H4,78,79,90)(H4,80,81,91)(H4,82,83,92)(H4,84,85,93)(H4,86,87,94)(H4,88,89,95). The first kappa shape index (κ1) is 106. The number of hydrogen-bond acceptors (Lipinski definition) is 22. The van der Waals surface area contributed by atoms with E-state index in [4.69, 9.17) is 72.6 Å². The molecule has 11 unspecified atom stereocenters. The van der Waals surface area contributed by atoms with Gasteiger partial charge in [0.1, 0.15) is 79.8 Å². The van der Waals surface area contributed by atoms with Crippen LogP contribution in [0, 0.1) is 50.2 Å². The Labute approximate surface area is 718 Å². The van der Waals surface area contributed by atoms with E-state index in [1.165, 1.54) is 24.3 Å². The summed E-state index contributed by atoms with van der Waals surface area (Å²) in [5, 5.41) is 233. The average Bonchev–Trinajstić information content (AvgIpc) is 0.847. The van der Waals surface area contributed by atoms with Crippen molar-refractivity contribution < 1.29 is 81.4 Å². The van der Waals surface area contributed by atoms with Gasteiger partial charge in [-0.3, -0.25) is 32.5 Å². The van der Waals surface area contributed by atoms with E-state index in [1.807, 2.05) is 0 Å². The molecule has 0 saturated carbocycles. The fraction of sp³-hybridized carbons (Fsp3) is 0.579. The second kappa shape index (κ2) is 57.6. The molecule has 0 aliphatic rings. The van der Waals surface area contributed by atoms with Crippen LogP contribution in [0.5, 0.6) is 5.75 Å². The summed E-state index contributed by atoms with van der Waals surface area (Å²) in [6.07, 6.45) is -0.0761. The summed E-state index contributed by atoms with van der Waals surface area (Å²) in [4.78, 5) is 67.4. The maximum absolute atomic E-state index is 12.4.